The van der Waals surface area contributed by atoms with E-state index in [1.54, 1.807) is 12.1 Å². The smallest absolute Gasteiger partial charge is 0.362 e. The predicted octanol–water partition coefficient (Wildman–Crippen LogP) is 4.09. The summed E-state index contributed by atoms with van der Waals surface area (Å²) >= 11 is 12.8. The minimum absolute atomic E-state index is 0.0360. The van der Waals surface area contributed by atoms with Crippen LogP contribution < -0.4 is 0 Å². The van der Waals surface area contributed by atoms with Gasteiger partial charge in [0.2, 0.25) is 0 Å². The van der Waals surface area contributed by atoms with E-state index in [2.05, 4.69) is 5.10 Å². The Labute approximate surface area is 150 Å². The number of benzene rings is 1. The molecule has 0 saturated heterocycles. The van der Waals surface area contributed by atoms with Gasteiger partial charge < -0.3 is 5.11 Å². The number of carbonyl (C=O) groups excluding carboxylic acids is 1. The Balaban J connectivity index is 2.01. The molecule has 1 unspecified atom stereocenters. The summed E-state index contributed by atoms with van der Waals surface area (Å²) in [6.07, 6.45) is -5.75. The number of aliphatic hydroxyl groups is 1. The molecule has 132 valence electrons. The van der Waals surface area contributed by atoms with Gasteiger partial charge in [0.1, 0.15) is 0 Å². The molecule has 1 aromatic carbocycles. The molecule has 1 atom stereocenters. The van der Waals surface area contributed by atoms with Crippen molar-refractivity contribution >= 4 is 46.6 Å². The Morgan fingerprint density at radius 1 is 1.46 bits per heavy atom. The lowest BCUT2D eigenvalue weighted by atomic mass is 10.1. The van der Waals surface area contributed by atoms with Crippen LogP contribution in [0.5, 0.6) is 0 Å². The molecule has 0 spiro atoms. The van der Waals surface area contributed by atoms with Crippen LogP contribution in [0.15, 0.2) is 23.3 Å². The Morgan fingerprint density at radius 3 is 2.71 bits per heavy atom. The van der Waals surface area contributed by atoms with Crippen LogP contribution in [0.3, 0.4) is 0 Å². The number of thioether (sulfide) groups is 1. The number of hydrogen-bond donors (Lipinski definition) is 1. The molecule has 1 N–H and O–H groups in total. The molecule has 0 bridgehead atoms. The van der Waals surface area contributed by atoms with Gasteiger partial charge in [-0.05, 0) is 24.6 Å². The fourth-order valence-electron chi connectivity index (χ4n) is 2.15. The number of amides is 1. The van der Waals surface area contributed by atoms with Gasteiger partial charge in [0.15, 0.2) is 0 Å². The van der Waals surface area contributed by atoms with Crippen LogP contribution in [-0.4, -0.2) is 39.4 Å². The van der Waals surface area contributed by atoms with Gasteiger partial charge in [0, 0.05) is 27.9 Å². The summed E-state index contributed by atoms with van der Waals surface area (Å²) in [6.45, 7) is 1.32. The Morgan fingerprint density at radius 2 is 2.12 bits per heavy atom. The van der Waals surface area contributed by atoms with Crippen LogP contribution in [0.25, 0.3) is 0 Å². The molecule has 1 amide bonds. The Kier molecular flexibility index (Phi) is 5.74. The van der Waals surface area contributed by atoms with Crippen molar-refractivity contribution in [3.63, 3.8) is 0 Å². The monoisotopic (exact) mass is 400 g/mol. The lowest BCUT2D eigenvalue weighted by Crippen LogP contribution is -2.57. The zero-order chi connectivity index (χ0) is 18.1. The van der Waals surface area contributed by atoms with E-state index in [4.69, 9.17) is 23.2 Å². The molecule has 1 aliphatic rings. The van der Waals surface area contributed by atoms with Crippen molar-refractivity contribution in [3.05, 3.63) is 33.8 Å². The highest BCUT2D eigenvalue weighted by atomic mass is 35.5. The third kappa shape index (κ3) is 3.99. The van der Waals surface area contributed by atoms with Gasteiger partial charge in [-0.1, -0.05) is 29.3 Å². The van der Waals surface area contributed by atoms with E-state index in [9.17, 15) is 23.1 Å². The first-order chi connectivity index (χ1) is 11.0. The summed E-state index contributed by atoms with van der Waals surface area (Å²) in [5.74, 6) is -0.904. The summed E-state index contributed by atoms with van der Waals surface area (Å²) in [5.41, 5.74) is -2.55. The van der Waals surface area contributed by atoms with Gasteiger partial charge in [-0.3, -0.25) is 4.79 Å². The topological polar surface area (TPSA) is 52.9 Å². The van der Waals surface area contributed by atoms with Gasteiger partial charge in [-0.15, -0.1) is 11.8 Å². The second kappa shape index (κ2) is 7.11. The van der Waals surface area contributed by atoms with Gasteiger partial charge >= 0.3 is 6.18 Å². The standard InChI is InChI=1S/C14H13Cl2F3N2O2S/c1-8-5-13(23,14(17,18)19)21(20-8)12(22)7-24-6-9-2-3-10(15)4-11(9)16/h2-4,23H,5-7H2,1H3. The largest absolute Gasteiger partial charge is 0.438 e. The number of hydrazone groups is 1. The summed E-state index contributed by atoms with van der Waals surface area (Å²) in [6, 6.07) is 4.84. The Hall–Kier alpha value is -0.960. The van der Waals surface area contributed by atoms with Crippen LogP contribution in [0.2, 0.25) is 10.0 Å². The third-order valence-corrected chi connectivity index (χ3v) is 4.87. The van der Waals surface area contributed by atoms with Crippen molar-refractivity contribution in [1.29, 1.82) is 0 Å². The van der Waals surface area contributed by atoms with Crippen LogP contribution in [0.4, 0.5) is 13.2 Å². The minimum atomic E-state index is -4.99. The van der Waals surface area contributed by atoms with Gasteiger partial charge in [-0.2, -0.15) is 23.3 Å². The number of nitrogens with zero attached hydrogens (tertiary/aromatic N) is 2. The fraction of sp³-hybridized carbons (Fsp3) is 0.429. The predicted molar refractivity (Wildman–Crippen MR) is 88.2 cm³/mol. The highest BCUT2D eigenvalue weighted by molar-refractivity contribution is 7.99. The minimum Gasteiger partial charge on any atom is -0.362 e. The van der Waals surface area contributed by atoms with E-state index in [-0.39, 0.29) is 16.5 Å². The molecule has 0 saturated carbocycles. The van der Waals surface area contributed by atoms with E-state index in [0.717, 1.165) is 11.8 Å². The van der Waals surface area contributed by atoms with E-state index in [1.807, 2.05) is 0 Å². The molecule has 0 aromatic heterocycles. The number of alkyl halides is 3. The van der Waals surface area contributed by atoms with Crippen LogP contribution in [0.1, 0.15) is 18.9 Å². The maximum atomic E-state index is 13.1. The number of hydrogen-bond acceptors (Lipinski definition) is 4. The first kappa shape index (κ1) is 19.4. The quantitative estimate of drug-likeness (QED) is 0.827. The first-order valence-corrected chi connectivity index (χ1v) is 8.63. The SMILES string of the molecule is CC1=NN(C(=O)CSCc2ccc(Cl)cc2Cl)C(O)(C(F)(F)F)C1. The zero-order valence-corrected chi connectivity index (χ0v) is 14.7. The molecule has 1 aliphatic heterocycles. The van der Waals surface area contributed by atoms with Crippen molar-refractivity contribution in [2.75, 3.05) is 5.75 Å². The van der Waals surface area contributed by atoms with E-state index in [0.29, 0.717) is 21.4 Å². The first-order valence-electron chi connectivity index (χ1n) is 6.72. The van der Waals surface area contributed by atoms with Crippen molar-refractivity contribution in [2.24, 2.45) is 5.10 Å². The van der Waals surface area contributed by atoms with Crippen molar-refractivity contribution < 1.29 is 23.1 Å². The summed E-state index contributed by atoms with van der Waals surface area (Å²) in [5, 5.41) is 14.4. The number of carbonyl (C=O) groups is 1. The second-order valence-corrected chi connectivity index (χ2v) is 7.09. The van der Waals surface area contributed by atoms with Crippen LogP contribution in [-0.2, 0) is 10.5 Å². The normalized spacial score (nSPS) is 21.1. The van der Waals surface area contributed by atoms with Gasteiger partial charge in [0.25, 0.3) is 11.6 Å². The fourth-order valence-corrected chi connectivity index (χ4v) is 3.58. The molecule has 0 radical (unpaired) electrons. The molecule has 24 heavy (non-hydrogen) atoms. The molecule has 4 nitrogen and oxygen atoms in total. The highest BCUT2D eigenvalue weighted by Gasteiger charge is 2.62. The Bertz CT molecular complexity index is 684. The average Bonchev–Trinajstić information content (AvgIpc) is 2.77. The lowest BCUT2D eigenvalue weighted by Gasteiger charge is -2.32. The van der Waals surface area contributed by atoms with Gasteiger partial charge in [0.05, 0.1) is 5.75 Å². The van der Waals surface area contributed by atoms with Crippen LogP contribution >= 0.6 is 35.0 Å². The number of rotatable bonds is 4. The molecule has 0 fully saturated rings. The highest BCUT2D eigenvalue weighted by Crippen LogP contribution is 2.40. The van der Waals surface area contributed by atoms with E-state index >= 15 is 0 Å². The van der Waals surface area contributed by atoms with E-state index in [1.165, 1.54) is 13.0 Å². The molecule has 0 aliphatic carbocycles. The molecule has 10 heteroatoms. The molecule has 1 aromatic rings. The molecule has 1 heterocycles. The van der Waals surface area contributed by atoms with Crippen molar-refractivity contribution in [1.82, 2.24) is 5.01 Å². The number of halogens is 5. The third-order valence-electron chi connectivity index (χ3n) is 3.31. The van der Waals surface area contributed by atoms with Crippen molar-refractivity contribution in [2.45, 2.75) is 31.0 Å². The average molecular weight is 401 g/mol. The molecular formula is C14H13Cl2F3N2O2S. The maximum Gasteiger partial charge on any atom is 0.438 e. The van der Waals surface area contributed by atoms with E-state index < -0.39 is 24.2 Å². The zero-order valence-electron chi connectivity index (χ0n) is 12.4. The van der Waals surface area contributed by atoms with Crippen LogP contribution in [0, 0.1) is 0 Å². The lowest BCUT2D eigenvalue weighted by molar-refractivity contribution is -0.301. The maximum absolute atomic E-state index is 13.1. The summed E-state index contributed by atoms with van der Waals surface area (Å²) in [7, 11) is 0. The second-order valence-electron chi connectivity index (χ2n) is 5.26. The summed E-state index contributed by atoms with van der Waals surface area (Å²) in [4.78, 5) is 12.1. The van der Waals surface area contributed by atoms with Gasteiger partial charge in [-0.25, -0.2) is 0 Å². The molecule has 2 rings (SSSR count). The van der Waals surface area contributed by atoms with Crippen molar-refractivity contribution in [3.8, 4) is 0 Å². The summed E-state index contributed by atoms with van der Waals surface area (Å²) < 4.78 is 39.2. The molecular weight excluding hydrogens is 388 g/mol.